The van der Waals surface area contributed by atoms with Crippen molar-refractivity contribution in [3.8, 4) is 0 Å². The molecule has 0 aliphatic heterocycles. The summed E-state index contributed by atoms with van der Waals surface area (Å²) in [5, 5.41) is 3.01. The third kappa shape index (κ3) is 5.31. The lowest BCUT2D eigenvalue weighted by Gasteiger charge is -2.12. The Balaban J connectivity index is 1.73. The Morgan fingerprint density at radius 2 is 2.00 bits per heavy atom. The normalized spacial score (nSPS) is 13.6. The molecular formula is C19H20F3N3O3S2. The van der Waals surface area contributed by atoms with Crippen molar-refractivity contribution in [2.45, 2.75) is 50.9 Å². The van der Waals surface area contributed by atoms with E-state index >= 15 is 0 Å². The van der Waals surface area contributed by atoms with Crippen LogP contribution in [0.2, 0.25) is 0 Å². The molecular weight excluding hydrogens is 439 g/mol. The Bertz CT molecular complexity index is 960. The second-order valence-corrected chi connectivity index (χ2v) is 8.69. The molecule has 0 saturated heterocycles. The number of halogens is 3. The van der Waals surface area contributed by atoms with Gasteiger partial charge in [-0.15, -0.1) is 11.3 Å². The van der Waals surface area contributed by atoms with Crippen LogP contribution < -0.4 is 5.32 Å². The van der Waals surface area contributed by atoms with Crippen molar-refractivity contribution in [1.82, 2.24) is 9.97 Å². The van der Waals surface area contributed by atoms with Crippen molar-refractivity contribution >= 4 is 40.0 Å². The number of rotatable bonds is 6. The van der Waals surface area contributed by atoms with Crippen LogP contribution in [-0.2, 0) is 28.5 Å². The zero-order valence-electron chi connectivity index (χ0n) is 16.4. The van der Waals surface area contributed by atoms with Crippen LogP contribution in [0.3, 0.4) is 0 Å². The first-order chi connectivity index (χ1) is 14.2. The van der Waals surface area contributed by atoms with Gasteiger partial charge in [0.05, 0.1) is 17.9 Å². The monoisotopic (exact) mass is 459 g/mol. The molecule has 2 aromatic heterocycles. The van der Waals surface area contributed by atoms with Gasteiger partial charge >= 0.3 is 12.1 Å². The summed E-state index contributed by atoms with van der Waals surface area (Å²) in [4.78, 5) is 33.4. The highest BCUT2D eigenvalue weighted by Gasteiger charge is 2.33. The Labute approximate surface area is 179 Å². The first-order valence-electron chi connectivity index (χ1n) is 9.36. The smallest absolute Gasteiger partial charge is 0.433 e. The van der Waals surface area contributed by atoms with E-state index < -0.39 is 23.7 Å². The van der Waals surface area contributed by atoms with Gasteiger partial charge in [0.2, 0.25) is 5.91 Å². The number of nitrogens with one attached hydrogen (secondary N) is 1. The van der Waals surface area contributed by atoms with E-state index in [1.54, 1.807) is 6.92 Å². The number of hydrogen-bond acceptors (Lipinski definition) is 7. The van der Waals surface area contributed by atoms with Crippen molar-refractivity contribution in [2.75, 3.05) is 17.7 Å². The van der Waals surface area contributed by atoms with Gasteiger partial charge in [0.15, 0.2) is 5.16 Å². The number of thiophene rings is 1. The molecule has 0 fully saturated rings. The lowest BCUT2D eigenvalue weighted by molar-refractivity contribution is -0.141. The van der Waals surface area contributed by atoms with Crippen LogP contribution in [0.4, 0.5) is 18.2 Å². The topological polar surface area (TPSA) is 81.2 Å². The van der Waals surface area contributed by atoms with Crippen LogP contribution in [0.25, 0.3) is 0 Å². The highest BCUT2D eigenvalue weighted by atomic mass is 32.2. The fourth-order valence-corrected chi connectivity index (χ4v) is 5.11. The SMILES string of the molecule is CCOC(=O)c1c(NC(=O)CSc2nc(C)cc(C(F)(F)F)n2)sc2c1CCCC2. The summed E-state index contributed by atoms with van der Waals surface area (Å²) in [6, 6.07) is 0.853. The van der Waals surface area contributed by atoms with Gasteiger partial charge in [-0.1, -0.05) is 11.8 Å². The number of anilines is 1. The minimum atomic E-state index is -4.59. The van der Waals surface area contributed by atoms with Crippen LogP contribution in [-0.4, -0.2) is 34.2 Å². The van der Waals surface area contributed by atoms with Gasteiger partial charge in [-0.05, 0) is 51.2 Å². The minimum Gasteiger partial charge on any atom is -0.462 e. The van der Waals surface area contributed by atoms with E-state index in [9.17, 15) is 22.8 Å². The number of aromatic nitrogens is 2. The number of thioether (sulfide) groups is 1. The Morgan fingerprint density at radius 3 is 2.70 bits per heavy atom. The molecule has 0 spiro atoms. The summed E-state index contributed by atoms with van der Waals surface area (Å²) in [5.41, 5.74) is 0.426. The molecule has 1 aliphatic rings. The number of fused-ring (bicyclic) bond motifs is 1. The number of carbonyl (C=O) groups is 2. The molecule has 30 heavy (non-hydrogen) atoms. The highest BCUT2D eigenvalue weighted by molar-refractivity contribution is 7.99. The number of nitrogens with zero attached hydrogens (tertiary/aromatic N) is 2. The fourth-order valence-electron chi connectivity index (χ4n) is 3.12. The van der Waals surface area contributed by atoms with Crippen LogP contribution in [0.1, 0.15) is 52.0 Å². The largest absolute Gasteiger partial charge is 0.462 e. The average Bonchev–Trinajstić information content (AvgIpc) is 3.03. The molecule has 2 aromatic rings. The molecule has 0 saturated carbocycles. The van der Waals surface area contributed by atoms with Gasteiger partial charge in [-0.2, -0.15) is 13.2 Å². The van der Waals surface area contributed by atoms with Crippen molar-refractivity contribution in [3.63, 3.8) is 0 Å². The first kappa shape index (κ1) is 22.5. The van der Waals surface area contributed by atoms with E-state index in [4.69, 9.17) is 4.74 Å². The van der Waals surface area contributed by atoms with Crippen LogP contribution >= 0.6 is 23.1 Å². The first-order valence-corrected chi connectivity index (χ1v) is 11.2. The average molecular weight is 460 g/mol. The molecule has 162 valence electrons. The van der Waals surface area contributed by atoms with Crippen molar-refractivity contribution in [2.24, 2.45) is 0 Å². The molecule has 0 radical (unpaired) electrons. The van der Waals surface area contributed by atoms with Crippen molar-refractivity contribution in [3.05, 3.63) is 33.5 Å². The molecule has 2 heterocycles. The van der Waals surface area contributed by atoms with Crippen LogP contribution in [0.15, 0.2) is 11.2 Å². The molecule has 6 nitrogen and oxygen atoms in total. The van der Waals surface area contributed by atoms with Gasteiger partial charge in [-0.25, -0.2) is 14.8 Å². The minimum absolute atomic E-state index is 0.131. The molecule has 1 N–H and O–H groups in total. The summed E-state index contributed by atoms with van der Waals surface area (Å²) in [5.74, 6) is -1.12. The van der Waals surface area contributed by atoms with E-state index in [0.29, 0.717) is 10.6 Å². The Kier molecular flexibility index (Phi) is 7.02. The summed E-state index contributed by atoms with van der Waals surface area (Å²) in [6.45, 7) is 3.37. The van der Waals surface area contributed by atoms with Gasteiger partial charge in [0.25, 0.3) is 0 Å². The number of amides is 1. The zero-order chi connectivity index (χ0) is 21.9. The third-order valence-electron chi connectivity index (χ3n) is 4.36. The van der Waals surface area contributed by atoms with Crippen molar-refractivity contribution < 1.29 is 27.5 Å². The number of esters is 1. The summed E-state index contributed by atoms with van der Waals surface area (Å²) in [7, 11) is 0. The molecule has 3 rings (SSSR count). The third-order valence-corrected chi connectivity index (χ3v) is 6.41. The molecule has 0 unspecified atom stereocenters. The summed E-state index contributed by atoms with van der Waals surface area (Å²) < 4.78 is 43.9. The summed E-state index contributed by atoms with van der Waals surface area (Å²) >= 11 is 2.16. The number of aryl methyl sites for hydroxylation is 2. The zero-order valence-corrected chi connectivity index (χ0v) is 18.0. The summed E-state index contributed by atoms with van der Waals surface area (Å²) in [6.07, 6.45) is -1.01. The van der Waals surface area contributed by atoms with Gasteiger partial charge in [-0.3, -0.25) is 4.79 Å². The molecule has 1 aliphatic carbocycles. The lowest BCUT2D eigenvalue weighted by Crippen LogP contribution is -2.17. The maximum absolute atomic E-state index is 12.9. The Morgan fingerprint density at radius 1 is 1.27 bits per heavy atom. The molecule has 11 heteroatoms. The predicted octanol–water partition coefficient (Wildman–Crippen LogP) is 4.65. The van der Waals surface area contributed by atoms with Gasteiger partial charge in [0, 0.05) is 10.6 Å². The van der Waals surface area contributed by atoms with E-state index in [1.165, 1.54) is 18.3 Å². The van der Waals surface area contributed by atoms with Gasteiger partial charge in [0.1, 0.15) is 10.7 Å². The molecule has 0 bridgehead atoms. The standard InChI is InChI=1S/C19H20F3N3O3S2/c1-3-28-17(27)15-11-6-4-5-7-12(11)30-16(15)25-14(26)9-29-18-23-10(2)8-13(24-18)19(20,21)22/h8H,3-7,9H2,1-2H3,(H,25,26). The van der Waals surface area contributed by atoms with Crippen LogP contribution in [0, 0.1) is 6.92 Å². The van der Waals surface area contributed by atoms with E-state index in [2.05, 4.69) is 15.3 Å². The second kappa shape index (κ2) is 9.34. The van der Waals surface area contributed by atoms with Crippen LogP contribution in [0.5, 0.6) is 0 Å². The lowest BCUT2D eigenvalue weighted by atomic mass is 9.95. The van der Waals surface area contributed by atoms with E-state index in [1.807, 2.05) is 0 Å². The second-order valence-electron chi connectivity index (χ2n) is 6.65. The van der Waals surface area contributed by atoms with Crippen molar-refractivity contribution in [1.29, 1.82) is 0 Å². The predicted molar refractivity (Wildman–Crippen MR) is 108 cm³/mol. The number of carbonyl (C=O) groups excluding carboxylic acids is 2. The molecule has 1 amide bonds. The van der Waals surface area contributed by atoms with Gasteiger partial charge < -0.3 is 10.1 Å². The highest BCUT2D eigenvalue weighted by Crippen LogP contribution is 2.38. The Hall–Kier alpha value is -2.14. The fraction of sp³-hybridized carbons (Fsp3) is 0.474. The molecule has 0 aromatic carbocycles. The molecule has 0 atom stereocenters. The number of hydrogen-bond donors (Lipinski definition) is 1. The quantitative estimate of drug-likeness (QED) is 0.385. The maximum Gasteiger partial charge on any atom is 0.433 e. The number of ether oxygens (including phenoxy) is 1. The van der Waals surface area contributed by atoms with E-state index in [0.717, 1.165) is 54.0 Å². The maximum atomic E-state index is 12.9. The number of alkyl halides is 3. The van der Waals surface area contributed by atoms with E-state index in [-0.39, 0.29) is 23.2 Å².